The predicted octanol–water partition coefficient (Wildman–Crippen LogP) is 1.86. The molecule has 1 saturated carbocycles. The number of rotatable bonds is 6. The van der Waals surface area contributed by atoms with Crippen molar-refractivity contribution in [2.45, 2.75) is 49.5 Å². The molecule has 1 aromatic carbocycles. The first kappa shape index (κ1) is 19.3. The fourth-order valence-electron chi connectivity index (χ4n) is 3.89. The number of nitrogens with two attached hydrogens (primary N) is 1. The summed E-state index contributed by atoms with van der Waals surface area (Å²) >= 11 is 0. The van der Waals surface area contributed by atoms with E-state index in [9.17, 15) is 17.6 Å². The van der Waals surface area contributed by atoms with Crippen molar-refractivity contribution in [1.82, 2.24) is 9.62 Å². The van der Waals surface area contributed by atoms with Gasteiger partial charge in [0.25, 0.3) is 5.91 Å². The van der Waals surface area contributed by atoms with E-state index >= 15 is 0 Å². The minimum absolute atomic E-state index is 0.0861. The van der Waals surface area contributed by atoms with Gasteiger partial charge in [-0.05, 0) is 49.8 Å². The maximum absolute atomic E-state index is 14.4. The summed E-state index contributed by atoms with van der Waals surface area (Å²) in [4.78, 5) is 13.7. The highest BCUT2D eigenvalue weighted by atomic mass is 32.2. The number of carbonyl (C=O) groups is 1. The average molecular weight is 383 g/mol. The molecule has 2 aliphatic rings. The summed E-state index contributed by atoms with van der Waals surface area (Å²) in [5.74, 6) is -0.978. The summed E-state index contributed by atoms with van der Waals surface area (Å²) < 4.78 is 42.3. The highest BCUT2D eigenvalue weighted by Crippen LogP contribution is 2.28. The van der Waals surface area contributed by atoms with E-state index < -0.39 is 15.8 Å². The summed E-state index contributed by atoms with van der Waals surface area (Å²) in [6.07, 6.45) is 5.86. The van der Waals surface area contributed by atoms with E-state index in [1.807, 2.05) is 0 Å². The molecule has 144 valence electrons. The van der Waals surface area contributed by atoms with Crippen LogP contribution in [0.3, 0.4) is 0 Å². The van der Waals surface area contributed by atoms with Crippen molar-refractivity contribution in [2.75, 3.05) is 19.6 Å². The Balaban J connectivity index is 1.77. The molecule has 3 rings (SSSR count). The lowest BCUT2D eigenvalue weighted by Crippen LogP contribution is -2.44. The van der Waals surface area contributed by atoms with E-state index in [-0.39, 0.29) is 34.9 Å². The van der Waals surface area contributed by atoms with Crippen LogP contribution in [0.25, 0.3) is 0 Å². The first-order chi connectivity index (χ1) is 12.4. The van der Waals surface area contributed by atoms with Crippen LogP contribution >= 0.6 is 0 Å². The van der Waals surface area contributed by atoms with E-state index in [2.05, 4.69) is 4.72 Å². The van der Waals surface area contributed by atoms with E-state index in [1.165, 1.54) is 12.1 Å². The number of amides is 1. The lowest BCUT2D eigenvalue weighted by Gasteiger charge is -2.23. The van der Waals surface area contributed by atoms with Crippen LogP contribution in [0.5, 0.6) is 0 Å². The second-order valence-electron chi connectivity index (χ2n) is 7.15. The summed E-state index contributed by atoms with van der Waals surface area (Å²) in [7, 11) is -3.89. The molecule has 0 aromatic heterocycles. The summed E-state index contributed by atoms with van der Waals surface area (Å²) in [5, 5.41) is 0. The molecule has 1 atom stereocenters. The Morgan fingerprint density at radius 1 is 1.23 bits per heavy atom. The van der Waals surface area contributed by atoms with Gasteiger partial charge < -0.3 is 10.6 Å². The van der Waals surface area contributed by atoms with Gasteiger partial charge in [-0.2, -0.15) is 0 Å². The second-order valence-corrected chi connectivity index (χ2v) is 8.86. The van der Waals surface area contributed by atoms with Gasteiger partial charge >= 0.3 is 0 Å². The minimum atomic E-state index is -3.89. The Morgan fingerprint density at radius 3 is 2.46 bits per heavy atom. The van der Waals surface area contributed by atoms with Gasteiger partial charge in [0.2, 0.25) is 10.0 Å². The largest absolute Gasteiger partial charge is 0.339 e. The fourth-order valence-corrected chi connectivity index (χ4v) is 5.22. The number of hydrogen-bond donors (Lipinski definition) is 2. The lowest BCUT2D eigenvalue weighted by atomic mass is 9.99. The van der Waals surface area contributed by atoms with Crippen molar-refractivity contribution in [3.05, 3.63) is 29.6 Å². The maximum atomic E-state index is 14.4. The number of nitrogens with zero attached hydrogens (tertiary/aromatic N) is 1. The molecule has 8 heteroatoms. The van der Waals surface area contributed by atoms with Gasteiger partial charge in [0.15, 0.2) is 0 Å². The van der Waals surface area contributed by atoms with Crippen LogP contribution < -0.4 is 10.5 Å². The fraction of sp³-hybridized carbons (Fsp3) is 0.611. The second kappa shape index (κ2) is 8.02. The quantitative estimate of drug-likeness (QED) is 0.784. The first-order valence-electron chi connectivity index (χ1n) is 9.23. The SMILES string of the molecule is NCC(NS(=O)(=O)c1ccc(C(=O)N2CCCC2)c(F)c1)C1CCCC1. The van der Waals surface area contributed by atoms with Gasteiger partial charge in [-0.25, -0.2) is 17.5 Å². The van der Waals surface area contributed by atoms with Crippen LogP contribution in [-0.4, -0.2) is 44.9 Å². The van der Waals surface area contributed by atoms with Crippen molar-refractivity contribution in [1.29, 1.82) is 0 Å². The third-order valence-corrected chi connectivity index (χ3v) is 6.89. The van der Waals surface area contributed by atoms with E-state index in [4.69, 9.17) is 5.73 Å². The molecule has 26 heavy (non-hydrogen) atoms. The molecule has 1 heterocycles. The molecule has 0 spiro atoms. The summed E-state index contributed by atoms with van der Waals surface area (Å²) in [5.41, 5.74) is 5.66. The van der Waals surface area contributed by atoms with Crippen LogP contribution in [0, 0.1) is 11.7 Å². The zero-order valence-corrected chi connectivity index (χ0v) is 15.6. The van der Waals surface area contributed by atoms with Gasteiger partial charge in [0.1, 0.15) is 5.82 Å². The third-order valence-electron chi connectivity index (χ3n) is 5.40. The molecule has 1 aliphatic carbocycles. The molecule has 1 aromatic rings. The Morgan fingerprint density at radius 2 is 1.88 bits per heavy atom. The zero-order valence-electron chi connectivity index (χ0n) is 14.8. The number of nitrogens with one attached hydrogen (secondary N) is 1. The number of carbonyl (C=O) groups excluding carboxylic acids is 1. The monoisotopic (exact) mass is 383 g/mol. The number of benzene rings is 1. The molecule has 3 N–H and O–H groups in total. The van der Waals surface area contributed by atoms with Crippen LogP contribution in [0.1, 0.15) is 48.9 Å². The van der Waals surface area contributed by atoms with Crippen LogP contribution in [0.15, 0.2) is 23.1 Å². The molecule has 1 saturated heterocycles. The van der Waals surface area contributed by atoms with Crippen molar-refractivity contribution < 1.29 is 17.6 Å². The number of hydrogen-bond acceptors (Lipinski definition) is 4. The topological polar surface area (TPSA) is 92.5 Å². The van der Waals surface area contributed by atoms with E-state index in [1.54, 1.807) is 4.90 Å². The maximum Gasteiger partial charge on any atom is 0.256 e. The first-order valence-corrected chi connectivity index (χ1v) is 10.7. The van der Waals surface area contributed by atoms with Gasteiger partial charge in [0.05, 0.1) is 10.5 Å². The smallest absolute Gasteiger partial charge is 0.256 e. The third kappa shape index (κ3) is 4.07. The van der Waals surface area contributed by atoms with Crippen molar-refractivity contribution in [2.24, 2.45) is 11.7 Å². The summed E-state index contributed by atoms with van der Waals surface area (Å²) in [6, 6.07) is 3.12. The predicted molar refractivity (Wildman–Crippen MR) is 96.7 cm³/mol. The highest BCUT2D eigenvalue weighted by Gasteiger charge is 2.29. The normalized spacial score (nSPS) is 19.8. The number of sulfonamides is 1. The Bertz CT molecular complexity index is 757. The van der Waals surface area contributed by atoms with Gasteiger partial charge in [0, 0.05) is 25.7 Å². The average Bonchev–Trinajstić information content (AvgIpc) is 3.32. The molecular weight excluding hydrogens is 357 g/mol. The molecular formula is C18H26FN3O3S. The van der Waals surface area contributed by atoms with E-state index in [0.717, 1.165) is 44.6 Å². The summed E-state index contributed by atoms with van der Waals surface area (Å²) in [6.45, 7) is 1.43. The van der Waals surface area contributed by atoms with Crippen LogP contribution in [-0.2, 0) is 10.0 Å². The zero-order chi connectivity index (χ0) is 18.7. The molecule has 1 unspecified atom stereocenters. The van der Waals surface area contributed by atoms with Crippen molar-refractivity contribution in [3.8, 4) is 0 Å². The minimum Gasteiger partial charge on any atom is -0.339 e. The number of likely N-dealkylation sites (tertiary alicyclic amines) is 1. The molecule has 0 radical (unpaired) electrons. The van der Waals surface area contributed by atoms with E-state index in [0.29, 0.717) is 13.1 Å². The molecule has 0 bridgehead atoms. The Hall–Kier alpha value is -1.51. The van der Waals surface area contributed by atoms with Crippen molar-refractivity contribution in [3.63, 3.8) is 0 Å². The number of halogens is 1. The lowest BCUT2D eigenvalue weighted by molar-refractivity contribution is 0.0788. The standard InChI is InChI=1S/C18H26FN3O3S/c19-16-11-14(7-8-15(16)18(23)22-9-3-4-10-22)26(24,25)21-17(12-20)13-5-1-2-6-13/h7-8,11,13,17,21H,1-6,9-10,12,20H2. The van der Waals surface area contributed by atoms with Gasteiger partial charge in [-0.15, -0.1) is 0 Å². The van der Waals surface area contributed by atoms with Gasteiger partial charge in [-0.1, -0.05) is 12.8 Å². The molecule has 1 amide bonds. The Kier molecular flexibility index (Phi) is 5.94. The molecule has 6 nitrogen and oxygen atoms in total. The highest BCUT2D eigenvalue weighted by molar-refractivity contribution is 7.89. The van der Waals surface area contributed by atoms with Crippen LogP contribution in [0.2, 0.25) is 0 Å². The van der Waals surface area contributed by atoms with Crippen molar-refractivity contribution >= 4 is 15.9 Å². The van der Waals surface area contributed by atoms with Crippen LogP contribution in [0.4, 0.5) is 4.39 Å². The Labute approximate surface area is 154 Å². The molecule has 1 aliphatic heterocycles. The molecule has 2 fully saturated rings. The van der Waals surface area contributed by atoms with Gasteiger partial charge in [-0.3, -0.25) is 4.79 Å².